The maximum atomic E-state index is 13.2. The van der Waals surface area contributed by atoms with Crippen LogP contribution in [0, 0.1) is 12.7 Å². The van der Waals surface area contributed by atoms with Crippen LogP contribution in [-0.4, -0.2) is 27.4 Å². The first-order valence-corrected chi connectivity index (χ1v) is 12.0. The second kappa shape index (κ2) is 10.5. The third-order valence-electron chi connectivity index (χ3n) is 5.41. The van der Waals surface area contributed by atoms with Gasteiger partial charge in [-0.15, -0.1) is 0 Å². The van der Waals surface area contributed by atoms with Gasteiger partial charge in [0.15, 0.2) is 5.82 Å². The molecule has 3 rings (SSSR count). The molecule has 0 unspecified atom stereocenters. The van der Waals surface area contributed by atoms with E-state index in [0.717, 1.165) is 16.8 Å². The van der Waals surface area contributed by atoms with Crippen molar-refractivity contribution in [2.75, 3.05) is 10.6 Å². The molecule has 0 saturated carbocycles. The molecule has 0 aliphatic carbocycles. The molecule has 192 valence electrons. The number of nitrogens with zero attached hydrogens (tertiary/aromatic N) is 2. The lowest BCUT2D eigenvalue weighted by molar-refractivity contribution is 0.0635. The Bertz CT molecular complexity index is 1240. The Morgan fingerprint density at radius 3 is 2.22 bits per heavy atom. The Hall–Kier alpha value is -3.68. The molecular formula is C28H35FN4O3. The lowest BCUT2D eigenvalue weighted by Gasteiger charge is -2.22. The molecule has 0 fully saturated rings. The minimum Gasteiger partial charge on any atom is -0.444 e. The quantitative estimate of drug-likeness (QED) is 0.411. The molecule has 0 atom stereocenters. The number of nitrogens with one attached hydrogen (secondary N) is 2. The number of anilines is 2. The van der Waals surface area contributed by atoms with Gasteiger partial charge >= 0.3 is 6.09 Å². The van der Waals surface area contributed by atoms with Gasteiger partial charge in [0.05, 0.1) is 5.54 Å². The Balaban J connectivity index is 1.76. The van der Waals surface area contributed by atoms with Crippen LogP contribution >= 0.6 is 0 Å². The standard InChI is InChI=1S/C28H35FN4O3/c1-18-8-14-22(30-26(35)36-28(5,6)7)16-20(18)11-15-23-17-24(32-33(23)27(2,3)4)31-25(34)19-9-12-21(29)13-10-19/h8-10,12-14,16-17H,11,15H2,1-7H3,(H,30,35)(H,31,32,34). The molecule has 8 heteroatoms. The van der Waals surface area contributed by atoms with Gasteiger partial charge in [0, 0.05) is 23.0 Å². The number of hydrogen-bond acceptors (Lipinski definition) is 4. The highest BCUT2D eigenvalue weighted by Gasteiger charge is 2.21. The summed E-state index contributed by atoms with van der Waals surface area (Å²) in [6.45, 7) is 13.6. The third kappa shape index (κ3) is 7.41. The third-order valence-corrected chi connectivity index (χ3v) is 5.41. The Labute approximate surface area is 212 Å². The molecule has 0 spiro atoms. The van der Waals surface area contributed by atoms with Crippen molar-refractivity contribution in [3.8, 4) is 0 Å². The monoisotopic (exact) mass is 494 g/mol. The number of carbonyl (C=O) groups is 2. The lowest BCUT2D eigenvalue weighted by Crippen LogP contribution is -2.27. The van der Waals surface area contributed by atoms with Gasteiger partial charge in [0.25, 0.3) is 5.91 Å². The molecule has 2 N–H and O–H groups in total. The molecule has 2 amide bonds. The second-order valence-electron chi connectivity index (χ2n) is 10.8. The van der Waals surface area contributed by atoms with Crippen molar-refractivity contribution in [1.29, 1.82) is 0 Å². The minimum atomic E-state index is -0.577. The highest BCUT2D eigenvalue weighted by atomic mass is 19.1. The molecule has 2 aromatic carbocycles. The summed E-state index contributed by atoms with van der Waals surface area (Å²) in [5.41, 5.74) is 3.30. The van der Waals surface area contributed by atoms with Gasteiger partial charge in [-0.3, -0.25) is 14.8 Å². The van der Waals surface area contributed by atoms with E-state index in [-0.39, 0.29) is 11.4 Å². The number of halogens is 1. The van der Waals surface area contributed by atoms with Gasteiger partial charge in [-0.2, -0.15) is 5.10 Å². The van der Waals surface area contributed by atoms with E-state index in [2.05, 4.69) is 15.7 Å². The van der Waals surface area contributed by atoms with Gasteiger partial charge in [-0.25, -0.2) is 9.18 Å². The fraction of sp³-hybridized carbons (Fsp3) is 0.393. The van der Waals surface area contributed by atoms with E-state index in [1.807, 2.05) is 77.4 Å². The molecule has 3 aromatic rings. The molecular weight excluding hydrogens is 459 g/mol. The molecule has 0 aliphatic heterocycles. The summed E-state index contributed by atoms with van der Waals surface area (Å²) in [4.78, 5) is 24.8. The highest BCUT2D eigenvalue weighted by Crippen LogP contribution is 2.24. The van der Waals surface area contributed by atoms with Crippen LogP contribution in [0.25, 0.3) is 0 Å². The Kier molecular flexibility index (Phi) is 7.86. The summed E-state index contributed by atoms with van der Waals surface area (Å²) < 4.78 is 20.5. The first kappa shape index (κ1) is 26.9. The van der Waals surface area contributed by atoms with E-state index in [0.29, 0.717) is 29.9 Å². The van der Waals surface area contributed by atoms with Crippen molar-refractivity contribution in [2.24, 2.45) is 0 Å². The average molecular weight is 495 g/mol. The fourth-order valence-corrected chi connectivity index (χ4v) is 3.73. The second-order valence-corrected chi connectivity index (χ2v) is 10.8. The van der Waals surface area contributed by atoms with E-state index in [1.54, 1.807) is 0 Å². The van der Waals surface area contributed by atoms with Crippen LogP contribution in [0.1, 0.15) is 68.7 Å². The number of carbonyl (C=O) groups excluding carboxylic acids is 2. The van der Waals surface area contributed by atoms with Crippen molar-refractivity contribution in [2.45, 2.75) is 72.4 Å². The number of amides is 2. The minimum absolute atomic E-state index is 0.302. The van der Waals surface area contributed by atoms with Gasteiger partial charge in [-0.1, -0.05) is 6.07 Å². The van der Waals surface area contributed by atoms with Gasteiger partial charge in [-0.05, 0) is 109 Å². The zero-order chi connectivity index (χ0) is 26.7. The largest absolute Gasteiger partial charge is 0.444 e. The summed E-state index contributed by atoms with van der Waals surface area (Å²) in [6.07, 6.45) is 0.889. The first-order valence-electron chi connectivity index (χ1n) is 12.0. The number of rotatable bonds is 6. The van der Waals surface area contributed by atoms with Crippen LogP contribution in [0.4, 0.5) is 20.7 Å². The molecule has 7 nitrogen and oxygen atoms in total. The van der Waals surface area contributed by atoms with E-state index in [4.69, 9.17) is 4.74 Å². The van der Waals surface area contributed by atoms with Crippen LogP contribution in [0.3, 0.4) is 0 Å². The highest BCUT2D eigenvalue weighted by molar-refractivity contribution is 6.03. The summed E-state index contributed by atoms with van der Waals surface area (Å²) in [5, 5.41) is 10.2. The Morgan fingerprint density at radius 2 is 1.61 bits per heavy atom. The Morgan fingerprint density at radius 1 is 0.944 bits per heavy atom. The molecule has 1 aromatic heterocycles. The SMILES string of the molecule is Cc1ccc(NC(=O)OC(C)(C)C)cc1CCc1cc(NC(=O)c2ccc(F)cc2)nn1C(C)(C)C. The van der Waals surface area contributed by atoms with Crippen molar-refractivity contribution >= 4 is 23.5 Å². The molecule has 0 saturated heterocycles. The number of hydrogen-bond donors (Lipinski definition) is 2. The predicted molar refractivity (Wildman–Crippen MR) is 140 cm³/mol. The maximum Gasteiger partial charge on any atom is 0.412 e. The summed E-state index contributed by atoms with van der Waals surface area (Å²) >= 11 is 0. The number of aryl methyl sites for hydroxylation is 3. The number of benzene rings is 2. The molecule has 0 aliphatic rings. The van der Waals surface area contributed by atoms with E-state index in [9.17, 15) is 14.0 Å². The smallest absolute Gasteiger partial charge is 0.412 e. The lowest BCUT2D eigenvalue weighted by atomic mass is 10.0. The van der Waals surface area contributed by atoms with Gasteiger partial charge in [0.2, 0.25) is 0 Å². The van der Waals surface area contributed by atoms with Crippen LogP contribution in [-0.2, 0) is 23.1 Å². The number of ether oxygens (including phenoxy) is 1. The summed E-state index contributed by atoms with van der Waals surface area (Å²) in [5.74, 6) is -0.310. The normalized spacial score (nSPS) is 11.8. The van der Waals surface area contributed by atoms with Crippen molar-refractivity contribution in [3.63, 3.8) is 0 Å². The molecule has 0 bridgehead atoms. The van der Waals surface area contributed by atoms with Crippen molar-refractivity contribution in [1.82, 2.24) is 9.78 Å². The van der Waals surface area contributed by atoms with E-state index < -0.39 is 17.5 Å². The first-order chi connectivity index (χ1) is 16.7. The molecule has 0 radical (unpaired) electrons. The van der Waals surface area contributed by atoms with Crippen LogP contribution in [0.15, 0.2) is 48.5 Å². The molecule has 36 heavy (non-hydrogen) atoms. The van der Waals surface area contributed by atoms with Crippen LogP contribution < -0.4 is 10.6 Å². The van der Waals surface area contributed by atoms with Gasteiger partial charge in [0.1, 0.15) is 11.4 Å². The topological polar surface area (TPSA) is 85.2 Å². The van der Waals surface area contributed by atoms with E-state index in [1.165, 1.54) is 24.3 Å². The van der Waals surface area contributed by atoms with Crippen molar-refractivity contribution < 1.29 is 18.7 Å². The molecule has 1 heterocycles. The summed E-state index contributed by atoms with van der Waals surface area (Å²) in [7, 11) is 0. The average Bonchev–Trinajstić information content (AvgIpc) is 3.16. The van der Waals surface area contributed by atoms with E-state index >= 15 is 0 Å². The summed E-state index contributed by atoms with van der Waals surface area (Å²) in [6, 6.07) is 13.0. The van der Waals surface area contributed by atoms with Crippen LogP contribution in [0.2, 0.25) is 0 Å². The maximum absolute atomic E-state index is 13.2. The van der Waals surface area contributed by atoms with Crippen molar-refractivity contribution in [3.05, 3.63) is 76.7 Å². The fourth-order valence-electron chi connectivity index (χ4n) is 3.73. The van der Waals surface area contributed by atoms with Crippen LogP contribution in [0.5, 0.6) is 0 Å². The van der Waals surface area contributed by atoms with Gasteiger partial charge < -0.3 is 10.1 Å². The zero-order valence-electron chi connectivity index (χ0n) is 22.0. The number of aromatic nitrogens is 2. The zero-order valence-corrected chi connectivity index (χ0v) is 22.0. The predicted octanol–water partition coefficient (Wildman–Crippen LogP) is 6.47.